The lowest BCUT2D eigenvalue weighted by molar-refractivity contribution is 0.209. The number of benzene rings is 1. The van der Waals surface area contributed by atoms with Gasteiger partial charge in [0.15, 0.2) is 0 Å². The number of halogens is 1. The van der Waals surface area contributed by atoms with Gasteiger partial charge < -0.3 is 10.2 Å². The molecule has 0 saturated heterocycles. The van der Waals surface area contributed by atoms with Gasteiger partial charge in [-0.05, 0) is 63.9 Å². The maximum Gasteiger partial charge on any atom is 0.123 e. The largest absolute Gasteiger partial charge is 0.310 e. The van der Waals surface area contributed by atoms with Gasteiger partial charge in [0.1, 0.15) is 5.82 Å². The molecule has 1 aromatic carbocycles. The molecule has 1 atom stereocenters. The van der Waals surface area contributed by atoms with Gasteiger partial charge in [-0.25, -0.2) is 4.39 Å². The van der Waals surface area contributed by atoms with Gasteiger partial charge in [0.05, 0.1) is 0 Å². The van der Waals surface area contributed by atoms with Crippen LogP contribution in [0.25, 0.3) is 0 Å². The fraction of sp³-hybridized carbons (Fsp3) is 0.667. The summed E-state index contributed by atoms with van der Waals surface area (Å²) < 4.78 is 13.5. The highest BCUT2D eigenvalue weighted by molar-refractivity contribution is 5.20. The first-order valence-corrected chi connectivity index (χ1v) is 8.31. The second-order valence-electron chi connectivity index (χ2n) is 5.98. The van der Waals surface area contributed by atoms with Gasteiger partial charge in [-0.1, -0.05) is 26.0 Å². The molecule has 0 spiro atoms. The maximum absolute atomic E-state index is 13.5. The van der Waals surface area contributed by atoms with Crippen LogP contribution in [0.1, 0.15) is 58.6 Å². The Balaban J connectivity index is 2.69. The van der Waals surface area contributed by atoms with E-state index in [1.165, 1.54) is 12.5 Å². The van der Waals surface area contributed by atoms with Gasteiger partial charge in [0.25, 0.3) is 0 Å². The number of hydrogen-bond acceptors (Lipinski definition) is 2. The summed E-state index contributed by atoms with van der Waals surface area (Å²) in [4.78, 5) is 2.50. The highest BCUT2D eigenvalue weighted by Gasteiger charge is 2.15. The van der Waals surface area contributed by atoms with Crippen LogP contribution in [0.4, 0.5) is 4.39 Å². The van der Waals surface area contributed by atoms with Crippen molar-refractivity contribution in [3.05, 3.63) is 35.6 Å². The van der Waals surface area contributed by atoms with Crippen LogP contribution in [0.2, 0.25) is 0 Å². The molecular formula is C18H31FN2. The molecule has 0 saturated carbocycles. The van der Waals surface area contributed by atoms with Crippen molar-refractivity contribution in [3.63, 3.8) is 0 Å². The third kappa shape index (κ3) is 6.58. The minimum absolute atomic E-state index is 0.148. The van der Waals surface area contributed by atoms with Crippen LogP contribution in [0.3, 0.4) is 0 Å². The zero-order valence-electron chi connectivity index (χ0n) is 14.0. The molecule has 1 N–H and O–H groups in total. The summed E-state index contributed by atoms with van der Waals surface area (Å²) in [5, 5.41) is 3.56. The van der Waals surface area contributed by atoms with Crippen molar-refractivity contribution in [3.8, 4) is 0 Å². The first kappa shape index (κ1) is 18.1. The molecule has 1 rings (SSSR count). The number of nitrogens with zero attached hydrogens (tertiary/aromatic N) is 1. The molecule has 21 heavy (non-hydrogen) atoms. The Kier molecular flexibility index (Phi) is 8.55. The van der Waals surface area contributed by atoms with Crippen molar-refractivity contribution in [1.82, 2.24) is 10.2 Å². The summed E-state index contributed by atoms with van der Waals surface area (Å²) in [5.41, 5.74) is 1.06. The van der Waals surface area contributed by atoms with E-state index in [-0.39, 0.29) is 11.9 Å². The topological polar surface area (TPSA) is 15.3 Å². The molecule has 0 aliphatic heterocycles. The molecule has 0 aliphatic carbocycles. The molecule has 0 fully saturated rings. The molecule has 0 aromatic heterocycles. The van der Waals surface area contributed by atoms with Crippen LogP contribution in [0, 0.1) is 5.82 Å². The molecule has 0 heterocycles. The molecule has 0 bridgehead atoms. The van der Waals surface area contributed by atoms with E-state index in [2.05, 4.69) is 37.9 Å². The second-order valence-corrected chi connectivity index (χ2v) is 5.98. The molecular weight excluding hydrogens is 263 g/mol. The van der Waals surface area contributed by atoms with Crippen LogP contribution in [0.5, 0.6) is 0 Å². The number of nitrogens with one attached hydrogen (secondary N) is 1. The normalized spacial score (nSPS) is 13.1. The van der Waals surface area contributed by atoms with E-state index in [4.69, 9.17) is 0 Å². The van der Waals surface area contributed by atoms with E-state index in [1.54, 1.807) is 12.1 Å². The lowest BCUT2D eigenvalue weighted by Gasteiger charge is -2.28. The van der Waals surface area contributed by atoms with Gasteiger partial charge in [0.2, 0.25) is 0 Å². The molecule has 0 radical (unpaired) electrons. The molecule has 3 heteroatoms. The van der Waals surface area contributed by atoms with Crippen molar-refractivity contribution in [2.75, 3.05) is 19.6 Å². The van der Waals surface area contributed by atoms with E-state index in [1.807, 2.05) is 6.07 Å². The SMILES string of the molecule is CCCNC(CCN(CCC)C(C)C)c1cccc(F)c1. The Labute approximate surface area is 129 Å². The predicted octanol–water partition coefficient (Wildman–Crippen LogP) is 4.38. The van der Waals surface area contributed by atoms with Crippen molar-refractivity contribution in [1.29, 1.82) is 0 Å². The van der Waals surface area contributed by atoms with E-state index >= 15 is 0 Å². The fourth-order valence-corrected chi connectivity index (χ4v) is 2.64. The van der Waals surface area contributed by atoms with Crippen LogP contribution >= 0.6 is 0 Å². The Morgan fingerprint density at radius 2 is 1.90 bits per heavy atom. The van der Waals surface area contributed by atoms with Crippen molar-refractivity contribution in [2.24, 2.45) is 0 Å². The molecule has 1 aromatic rings. The first-order valence-electron chi connectivity index (χ1n) is 8.31. The minimum atomic E-state index is -0.148. The van der Waals surface area contributed by atoms with Crippen molar-refractivity contribution >= 4 is 0 Å². The van der Waals surface area contributed by atoms with Gasteiger partial charge in [0, 0.05) is 18.6 Å². The quantitative estimate of drug-likeness (QED) is 0.689. The minimum Gasteiger partial charge on any atom is -0.310 e. The molecule has 2 nitrogen and oxygen atoms in total. The standard InChI is InChI=1S/C18H31FN2/c1-5-11-20-18(16-8-7-9-17(19)14-16)10-13-21(12-6-2)15(3)4/h7-9,14-15,18,20H,5-6,10-13H2,1-4H3. The fourth-order valence-electron chi connectivity index (χ4n) is 2.64. The Bertz CT molecular complexity index is 393. The van der Waals surface area contributed by atoms with E-state index in [0.29, 0.717) is 6.04 Å². The van der Waals surface area contributed by atoms with Crippen molar-refractivity contribution < 1.29 is 4.39 Å². The monoisotopic (exact) mass is 294 g/mol. The van der Waals surface area contributed by atoms with Gasteiger partial charge in [-0.2, -0.15) is 0 Å². The average molecular weight is 294 g/mol. The van der Waals surface area contributed by atoms with E-state index in [9.17, 15) is 4.39 Å². The Morgan fingerprint density at radius 1 is 1.14 bits per heavy atom. The lowest BCUT2D eigenvalue weighted by Crippen LogP contribution is -2.35. The van der Waals surface area contributed by atoms with Crippen LogP contribution in [0.15, 0.2) is 24.3 Å². The highest BCUT2D eigenvalue weighted by Crippen LogP contribution is 2.19. The summed E-state index contributed by atoms with van der Waals surface area (Å²) in [5.74, 6) is -0.148. The second kappa shape index (κ2) is 9.91. The third-order valence-electron chi connectivity index (χ3n) is 3.84. The molecule has 120 valence electrons. The third-order valence-corrected chi connectivity index (χ3v) is 3.84. The van der Waals surface area contributed by atoms with Gasteiger partial charge in [-0.15, -0.1) is 0 Å². The summed E-state index contributed by atoms with van der Waals surface area (Å²) in [6.45, 7) is 12.0. The first-order chi connectivity index (χ1) is 10.1. The number of rotatable bonds is 10. The van der Waals surface area contributed by atoms with Crippen LogP contribution in [-0.2, 0) is 0 Å². The average Bonchev–Trinajstić information content (AvgIpc) is 2.45. The Morgan fingerprint density at radius 3 is 2.48 bits per heavy atom. The summed E-state index contributed by atoms with van der Waals surface area (Å²) in [7, 11) is 0. The molecule has 0 aliphatic rings. The zero-order valence-corrected chi connectivity index (χ0v) is 14.0. The van der Waals surface area contributed by atoms with Gasteiger partial charge in [-0.3, -0.25) is 0 Å². The Hall–Kier alpha value is -0.930. The zero-order chi connectivity index (χ0) is 15.7. The van der Waals surface area contributed by atoms with Crippen LogP contribution in [-0.4, -0.2) is 30.6 Å². The van der Waals surface area contributed by atoms with Crippen molar-refractivity contribution in [2.45, 2.75) is 59.0 Å². The molecule has 1 unspecified atom stereocenters. The highest BCUT2D eigenvalue weighted by atomic mass is 19.1. The van der Waals surface area contributed by atoms with Crippen LogP contribution < -0.4 is 5.32 Å². The predicted molar refractivity (Wildman–Crippen MR) is 89.1 cm³/mol. The van der Waals surface area contributed by atoms with Gasteiger partial charge >= 0.3 is 0 Å². The summed E-state index contributed by atoms with van der Waals surface area (Å²) in [6, 6.07) is 7.79. The number of hydrogen-bond donors (Lipinski definition) is 1. The van der Waals surface area contributed by atoms with E-state index in [0.717, 1.165) is 38.0 Å². The summed E-state index contributed by atoms with van der Waals surface area (Å²) >= 11 is 0. The van der Waals surface area contributed by atoms with E-state index < -0.39 is 0 Å². The molecule has 0 amide bonds. The smallest absolute Gasteiger partial charge is 0.123 e. The maximum atomic E-state index is 13.5. The summed E-state index contributed by atoms with van der Waals surface area (Å²) in [6.07, 6.45) is 3.28. The lowest BCUT2D eigenvalue weighted by atomic mass is 10.0.